The van der Waals surface area contributed by atoms with Gasteiger partial charge in [0.1, 0.15) is 5.69 Å². The second-order valence-electron chi connectivity index (χ2n) is 8.15. The van der Waals surface area contributed by atoms with Crippen LogP contribution in [0.15, 0.2) is 42.5 Å². The molecule has 7 nitrogen and oxygen atoms in total. The quantitative estimate of drug-likeness (QED) is 0.514. The first kappa shape index (κ1) is 21.4. The zero-order valence-electron chi connectivity index (χ0n) is 17.5. The van der Waals surface area contributed by atoms with Gasteiger partial charge in [0.2, 0.25) is 5.91 Å². The summed E-state index contributed by atoms with van der Waals surface area (Å²) in [4.78, 5) is 30.2. The van der Waals surface area contributed by atoms with E-state index < -0.39 is 0 Å². The average Bonchev–Trinajstić information content (AvgIpc) is 2.81. The van der Waals surface area contributed by atoms with Crippen LogP contribution in [-0.4, -0.2) is 55.0 Å². The van der Waals surface area contributed by atoms with Crippen molar-refractivity contribution in [1.82, 2.24) is 4.90 Å². The third-order valence-electron chi connectivity index (χ3n) is 6.12. The maximum Gasteiger partial charge on any atom is 0.292 e. The number of amides is 1. The molecule has 8 heteroatoms. The fraction of sp³-hybridized carbons (Fsp3) is 0.435. The van der Waals surface area contributed by atoms with E-state index in [1.807, 2.05) is 29.2 Å². The van der Waals surface area contributed by atoms with Crippen molar-refractivity contribution in [3.8, 4) is 0 Å². The Morgan fingerprint density at radius 1 is 0.903 bits per heavy atom. The van der Waals surface area contributed by atoms with Crippen LogP contribution in [0.2, 0.25) is 5.02 Å². The van der Waals surface area contributed by atoms with Gasteiger partial charge in [-0.2, -0.15) is 0 Å². The monoisotopic (exact) mass is 442 g/mol. The molecule has 0 N–H and O–H groups in total. The maximum absolute atomic E-state index is 12.7. The first-order valence-electron chi connectivity index (χ1n) is 10.8. The van der Waals surface area contributed by atoms with Gasteiger partial charge in [-0.1, -0.05) is 23.7 Å². The minimum atomic E-state index is -0.291. The van der Waals surface area contributed by atoms with Gasteiger partial charge < -0.3 is 14.7 Å². The predicted octanol–water partition coefficient (Wildman–Crippen LogP) is 4.13. The number of nitro groups is 1. The Morgan fingerprint density at radius 2 is 1.58 bits per heavy atom. The number of nitro benzene ring substituents is 1. The molecular formula is C23H27ClN4O3. The van der Waals surface area contributed by atoms with Crippen LogP contribution in [0.3, 0.4) is 0 Å². The number of carbonyl (C=O) groups is 1. The maximum atomic E-state index is 12.7. The van der Waals surface area contributed by atoms with Crippen LogP contribution < -0.4 is 9.80 Å². The van der Waals surface area contributed by atoms with Gasteiger partial charge in [0.25, 0.3) is 5.69 Å². The fourth-order valence-electron chi connectivity index (χ4n) is 4.35. The Morgan fingerprint density at radius 3 is 2.23 bits per heavy atom. The number of piperidine rings is 1. The lowest BCUT2D eigenvalue weighted by Gasteiger charge is -2.37. The molecule has 2 aliphatic rings. The summed E-state index contributed by atoms with van der Waals surface area (Å²) in [6.45, 7) is 4.42. The van der Waals surface area contributed by atoms with Crippen LogP contribution in [0.5, 0.6) is 0 Å². The second-order valence-corrected chi connectivity index (χ2v) is 8.59. The summed E-state index contributed by atoms with van der Waals surface area (Å²) >= 11 is 5.92. The molecule has 0 aliphatic carbocycles. The number of anilines is 2. The third-order valence-corrected chi connectivity index (χ3v) is 6.37. The molecule has 0 saturated carbocycles. The number of halogens is 1. The van der Waals surface area contributed by atoms with Crippen molar-refractivity contribution in [2.45, 2.75) is 25.7 Å². The minimum Gasteiger partial charge on any atom is -0.368 e. The van der Waals surface area contributed by atoms with Crippen LogP contribution in [0.25, 0.3) is 0 Å². The minimum absolute atomic E-state index is 0.111. The van der Waals surface area contributed by atoms with Crippen molar-refractivity contribution in [3.05, 3.63) is 63.2 Å². The van der Waals surface area contributed by atoms with Crippen molar-refractivity contribution in [3.63, 3.8) is 0 Å². The van der Waals surface area contributed by atoms with Crippen LogP contribution >= 0.6 is 11.6 Å². The molecule has 0 bridgehead atoms. The highest BCUT2D eigenvalue weighted by molar-refractivity contribution is 6.30. The van der Waals surface area contributed by atoms with Gasteiger partial charge in [-0.3, -0.25) is 14.9 Å². The summed E-state index contributed by atoms with van der Waals surface area (Å²) in [5, 5.41) is 12.2. The predicted molar refractivity (Wildman–Crippen MR) is 123 cm³/mol. The van der Waals surface area contributed by atoms with Gasteiger partial charge in [0.05, 0.1) is 11.3 Å². The Labute approximate surface area is 187 Å². The number of piperazine rings is 1. The molecule has 2 heterocycles. The molecule has 0 aromatic heterocycles. The number of nitrogens with zero attached hydrogens (tertiary/aromatic N) is 4. The van der Waals surface area contributed by atoms with E-state index in [9.17, 15) is 14.9 Å². The summed E-state index contributed by atoms with van der Waals surface area (Å²) in [6, 6.07) is 12.8. The molecule has 2 aromatic carbocycles. The SMILES string of the molecule is O=C(Cc1ccc(Cl)cc1)N1CCN(c2ccc([N+](=O)[O-])c(N3CCCCC3)c2)CC1. The molecule has 2 saturated heterocycles. The van der Waals surface area contributed by atoms with E-state index in [-0.39, 0.29) is 16.5 Å². The van der Waals surface area contributed by atoms with E-state index in [1.54, 1.807) is 18.2 Å². The van der Waals surface area contributed by atoms with E-state index >= 15 is 0 Å². The molecule has 2 aromatic rings. The normalized spacial score (nSPS) is 17.0. The van der Waals surface area contributed by atoms with E-state index in [0.29, 0.717) is 43.3 Å². The summed E-state index contributed by atoms with van der Waals surface area (Å²) in [7, 11) is 0. The van der Waals surface area contributed by atoms with Gasteiger partial charge in [0, 0.05) is 56.0 Å². The van der Waals surface area contributed by atoms with Crippen molar-refractivity contribution < 1.29 is 9.72 Å². The molecule has 4 rings (SSSR count). The summed E-state index contributed by atoms with van der Waals surface area (Å²) in [5.41, 5.74) is 2.82. The summed E-state index contributed by atoms with van der Waals surface area (Å²) in [5.74, 6) is 0.111. The van der Waals surface area contributed by atoms with Gasteiger partial charge in [-0.15, -0.1) is 0 Å². The first-order chi connectivity index (χ1) is 15.0. The second kappa shape index (κ2) is 9.56. The molecule has 2 fully saturated rings. The van der Waals surface area contributed by atoms with Gasteiger partial charge in [-0.05, 0) is 49.1 Å². The first-order valence-corrected chi connectivity index (χ1v) is 11.2. The van der Waals surface area contributed by atoms with Crippen molar-refractivity contribution >= 4 is 34.6 Å². The van der Waals surface area contributed by atoms with Crippen molar-refractivity contribution in [2.75, 3.05) is 49.1 Å². The van der Waals surface area contributed by atoms with Gasteiger partial charge in [0.15, 0.2) is 0 Å². The van der Waals surface area contributed by atoms with Gasteiger partial charge in [-0.25, -0.2) is 0 Å². The smallest absolute Gasteiger partial charge is 0.292 e. The van der Waals surface area contributed by atoms with E-state index in [2.05, 4.69) is 9.80 Å². The molecule has 164 valence electrons. The highest BCUT2D eigenvalue weighted by Crippen LogP contribution is 2.34. The zero-order chi connectivity index (χ0) is 21.8. The molecule has 0 unspecified atom stereocenters. The Kier molecular flexibility index (Phi) is 6.61. The number of hydrogen-bond donors (Lipinski definition) is 0. The van der Waals surface area contributed by atoms with E-state index in [0.717, 1.165) is 37.2 Å². The summed E-state index contributed by atoms with van der Waals surface area (Å²) in [6.07, 6.45) is 3.68. The van der Waals surface area contributed by atoms with Crippen LogP contribution in [0, 0.1) is 10.1 Å². The Bertz CT molecular complexity index is 936. The van der Waals surface area contributed by atoms with Gasteiger partial charge >= 0.3 is 0 Å². The lowest BCUT2D eigenvalue weighted by atomic mass is 10.1. The molecule has 2 aliphatic heterocycles. The van der Waals surface area contributed by atoms with Crippen LogP contribution in [0.4, 0.5) is 17.1 Å². The number of rotatable bonds is 5. The van der Waals surface area contributed by atoms with E-state index in [4.69, 9.17) is 11.6 Å². The summed E-state index contributed by atoms with van der Waals surface area (Å²) < 4.78 is 0. The molecule has 1 amide bonds. The standard InChI is InChI=1S/C23H27ClN4O3/c24-19-6-4-18(5-7-19)16-23(29)27-14-12-25(13-15-27)20-8-9-21(28(30)31)22(17-20)26-10-2-1-3-11-26/h4-9,17H,1-3,10-16H2. The molecular weight excluding hydrogens is 416 g/mol. The van der Waals surface area contributed by atoms with Crippen LogP contribution in [-0.2, 0) is 11.2 Å². The highest BCUT2D eigenvalue weighted by atomic mass is 35.5. The van der Waals surface area contributed by atoms with Crippen molar-refractivity contribution in [1.29, 1.82) is 0 Å². The van der Waals surface area contributed by atoms with E-state index in [1.165, 1.54) is 6.42 Å². The molecule has 0 atom stereocenters. The molecule has 0 radical (unpaired) electrons. The number of benzene rings is 2. The fourth-order valence-corrected chi connectivity index (χ4v) is 4.48. The molecule has 0 spiro atoms. The lowest BCUT2D eigenvalue weighted by molar-refractivity contribution is -0.384. The zero-order valence-corrected chi connectivity index (χ0v) is 18.3. The van der Waals surface area contributed by atoms with Crippen LogP contribution in [0.1, 0.15) is 24.8 Å². The lowest BCUT2D eigenvalue weighted by Crippen LogP contribution is -2.49. The Balaban J connectivity index is 1.41. The highest BCUT2D eigenvalue weighted by Gasteiger charge is 2.25. The number of hydrogen-bond acceptors (Lipinski definition) is 5. The molecule has 31 heavy (non-hydrogen) atoms. The third kappa shape index (κ3) is 5.10. The topological polar surface area (TPSA) is 69.9 Å². The average molecular weight is 443 g/mol. The van der Waals surface area contributed by atoms with Crippen molar-refractivity contribution in [2.24, 2.45) is 0 Å². The Hall–Kier alpha value is -2.80. The largest absolute Gasteiger partial charge is 0.368 e. The number of carbonyl (C=O) groups excluding carboxylic acids is 1.